The Labute approximate surface area is 132 Å². The number of hydrogen-bond acceptors (Lipinski definition) is 4. The molecule has 0 aliphatic carbocycles. The fourth-order valence-electron chi connectivity index (χ4n) is 1.81. The molecule has 124 valence electrons. The lowest BCUT2D eigenvalue weighted by Crippen LogP contribution is -2.44. The fraction of sp³-hybridized carbons (Fsp3) is 0.533. The van der Waals surface area contributed by atoms with E-state index in [0.29, 0.717) is 6.54 Å². The van der Waals surface area contributed by atoms with Crippen molar-refractivity contribution < 1.29 is 13.2 Å². The van der Waals surface area contributed by atoms with Gasteiger partial charge in [-0.1, -0.05) is 32.4 Å². The molecule has 0 fully saturated rings. The monoisotopic (exact) mass is 327 g/mol. The van der Waals surface area contributed by atoms with E-state index in [4.69, 9.17) is 5.73 Å². The molecular weight excluding hydrogens is 302 g/mol. The van der Waals surface area contributed by atoms with E-state index < -0.39 is 16.1 Å². The Balaban J connectivity index is 2.68. The molecule has 0 aliphatic rings. The smallest absolute Gasteiger partial charge is 0.242 e. The van der Waals surface area contributed by atoms with Crippen LogP contribution in [-0.2, 0) is 21.4 Å². The van der Waals surface area contributed by atoms with Crippen LogP contribution in [-0.4, -0.2) is 38.8 Å². The SMILES string of the molecule is CCC(C)C(N)C(=O)NCc1ccc(S(=O)(=O)N(C)C)cc1. The van der Waals surface area contributed by atoms with Crippen molar-refractivity contribution in [2.45, 2.75) is 37.8 Å². The number of nitrogens with two attached hydrogens (primary N) is 1. The standard InChI is InChI=1S/C15H25N3O3S/c1-5-11(2)14(16)15(19)17-10-12-6-8-13(9-7-12)22(20,21)18(3)4/h6-9,11,14H,5,10,16H2,1-4H3,(H,17,19). The molecule has 1 aromatic rings. The van der Waals surface area contributed by atoms with Crippen molar-refractivity contribution >= 4 is 15.9 Å². The Bertz CT molecular complexity index is 597. The van der Waals surface area contributed by atoms with Crippen molar-refractivity contribution in [3.63, 3.8) is 0 Å². The van der Waals surface area contributed by atoms with E-state index >= 15 is 0 Å². The highest BCUT2D eigenvalue weighted by atomic mass is 32.2. The zero-order valence-electron chi connectivity index (χ0n) is 13.5. The van der Waals surface area contributed by atoms with Gasteiger partial charge >= 0.3 is 0 Å². The minimum absolute atomic E-state index is 0.118. The number of nitrogens with zero attached hydrogens (tertiary/aromatic N) is 1. The van der Waals surface area contributed by atoms with Crippen molar-refractivity contribution in [3.8, 4) is 0 Å². The van der Waals surface area contributed by atoms with Gasteiger partial charge in [0.1, 0.15) is 0 Å². The maximum atomic E-state index is 11.9. The number of carbonyl (C=O) groups excluding carboxylic acids is 1. The number of hydrogen-bond donors (Lipinski definition) is 2. The number of sulfonamides is 1. The first-order valence-electron chi connectivity index (χ1n) is 7.25. The first-order valence-corrected chi connectivity index (χ1v) is 8.69. The summed E-state index contributed by atoms with van der Waals surface area (Å²) in [6.45, 7) is 4.25. The van der Waals surface area contributed by atoms with Gasteiger partial charge in [-0.3, -0.25) is 4.79 Å². The Hall–Kier alpha value is -1.44. The largest absolute Gasteiger partial charge is 0.351 e. The number of rotatable bonds is 7. The van der Waals surface area contributed by atoms with Crippen molar-refractivity contribution in [2.75, 3.05) is 14.1 Å². The Morgan fingerprint density at radius 1 is 1.27 bits per heavy atom. The number of benzene rings is 1. The molecule has 0 spiro atoms. The maximum Gasteiger partial charge on any atom is 0.242 e. The number of nitrogens with one attached hydrogen (secondary N) is 1. The van der Waals surface area contributed by atoms with Crippen LogP contribution in [0.15, 0.2) is 29.2 Å². The average Bonchev–Trinajstić information content (AvgIpc) is 2.51. The lowest BCUT2D eigenvalue weighted by molar-refractivity contribution is -0.123. The van der Waals surface area contributed by atoms with Crippen LogP contribution in [0, 0.1) is 5.92 Å². The number of carbonyl (C=O) groups is 1. The first-order chi connectivity index (χ1) is 10.2. The Morgan fingerprint density at radius 3 is 2.27 bits per heavy atom. The van der Waals surface area contributed by atoms with Gasteiger partial charge in [0.2, 0.25) is 15.9 Å². The van der Waals surface area contributed by atoms with Crippen molar-refractivity contribution in [1.82, 2.24) is 9.62 Å². The summed E-state index contributed by atoms with van der Waals surface area (Å²) >= 11 is 0. The summed E-state index contributed by atoms with van der Waals surface area (Å²) in [5, 5.41) is 2.77. The van der Waals surface area contributed by atoms with E-state index in [9.17, 15) is 13.2 Å². The zero-order valence-corrected chi connectivity index (χ0v) is 14.4. The van der Waals surface area contributed by atoms with Gasteiger partial charge in [0.15, 0.2) is 0 Å². The molecule has 2 unspecified atom stereocenters. The number of amides is 1. The molecule has 3 N–H and O–H groups in total. The van der Waals surface area contributed by atoms with Crippen LogP contribution in [0.2, 0.25) is 0 Å². The van der Waals surface area contributed by atoms with Gasteiger partial charge in [0, 0.05) is 20.6 Å². The highest BCUT2D eigenvalue weighted by molar-refractivity contribution is 7.89. The molecule has 0 heterocycles. The molecular formula is C15H25N3O3S. The van der Waals surface area contributed by atoms with Crippen molar-refractivity contribution in [1.29, 1.82) is 0 Å². The second-order valence-corrected chi connectivity index (χ2v) is 7.71. The summed E-state index contributed by atoms with van der Waals surface area (Å²) in [6.07, 6.45) is 0.839. The third-order valence-electron chi connectivity index (χ3n) is 3.73. The second-order valence-electron chi connectivity index (χ2n) is 5.56. The van der Waals surface area contributed by atoms with E-state index in [-0.39, 0.29) is 16.7 Å². The third kappa shape index (κ3) is 4.53. The fourth-order valence-corrected chi connectivity index (χ4v) is 2.71. The molecule has 1 rings (SSSR count). The van der Waals surface area contributed by atoms with Crippen molar-refractivity contribution in [3.05, 3.63) is 29.8 Å². The molecule has 1 amide bonds. The molecule has 0 aromatic heterocycles. The molecule has 7 heteroatoms. The first kappa shape index (κ1) is 18.6. The van der Waals surface area contributed by atoms with E-state index in [0.717, 1.165) is 16.3 Å². The highest BCUT2D eigenvalue weighted by Gasteiger charge is 2.19. The highest BCUT2D eigenvalue weighted by Crippen LogP contribution is 2.14. The second kappa shape index (κ2) is 7.71. The Kier molecular flexibility index (Phi) is 6.52. The van der Waals surface area contributed by atoms with Crippen LogP contribution in [0.25, 0.3) is 0 Å². The minimum atomic E-state index is -3.43. The topological polar surface area (TPSA) is 92.5 Å². The average molecular weight is 327 g/mol. The van der Waals surface area contributed by atoms with Gasteiger partial charge in [-0.25, -0.2) is 12.7 Å². The Morgan fingerprint density at radius 2 is 1.82 bits per heavy atom. The molecule has 6 nitrogen and oxygen atoms in total. The van der Waals surface area contributed by atoms with Gasteiger partial charge in [-0.15, -0.1) is 0 Å². The van der Waals surface area contributed by atoms with E-state index in [1.54, 1.807) is 12.1 Å². The summed E-state index contributed by atoms with van der Waals surface area (Å²) in [7, 11) is -0.455. The molecule has 0 aliphatic heterocycles. The molecule has 0 saturated heterocycles. The van der Waals surface area contributed by atoms with Crippen LogP contribution < -0.4 is 11.1 Å². The van der Waals surface area contributed by atoms with Gasteiger partial charge in [-0.05, 0) is 23.6 Å². The summed E-state index contributed by atoms with van der Waals surface area (Å²) in [5.74, 6) is -0.0769. The van der Waals surface area contributed by atoms with Gasteiger partial charge in [-0.2, -0.15) is 0 Å². The summed E-state index contributed by atoms with van der Waals surface area (Å²) in [5.41, 5.74) is 6.67. The molecule has 0 radical (unpaired) electrons. The van der Waals surface area contributed by atoms with Crippen LogP contribution in [0.3, 0.4) is 0 Å². The minimum Gasteiger partial charge on any atom is -0.351 e. The van der Waals surface area contributed by atoms with E-state index in [2.05, 4.69) is 5.32 Å². The van der Waals surface area contributed by atoms with E-state index in [1.807, 2.05) is 13.8 Å². The van der Waals surface area contributed by atoms with Crippen LogP contribution >= 0.6 is 0 Å². The van der Waals surface area contributed by atoms with Crippen LogP contribution in [0.4, 0.5) is 0 Å². The molecule has 0 bridgehead atoms. The maximum absolute atomic E-state index is 11.9. The van der Waals surface area contributed by atoms with Gasteiger partial charge < -0.3 is 11.1 Å². The molecule has 1 aromatic carbocycles. The third-order valence-corrected chi connectivity index (χ3v) is 5.56. The summed E-state index contributed by atoms with van der Waals surface area (Å²) < 4.78 is 25.1. The normalized spacial score (nSPS) is 14.6. The van der Waals surface area contributed by atoms with Crippen molar-refractivity contribution in [2.24, 2.45) is 11.7 Å². The molecule has 2 atom stereocenters. The summed E-state index contributed by atoms with van der Waals surface area (Å²) in [6, 6.07) is 5.91. The lowest BCUT2D eigenvalue weighted by atomic mass is 9.99. The predicted molar refractivity (Wildman–Crippen MR) is 86.6 cm³/mol. The van der Waals surface area contributed by atoms with Gasteiger partial charge in [0.05, 0.1) is 10.9 Å². The zero-order chi connectivity index (χ0) is 16.9. The lowest BCUT2D eigenvalue weighted by Gasteiger charge is -2.17. The molecule has 0 saturated carbocycles. The van der Waals surface area contributed by atoms with Crippen LogP contribution in [0.1, 0.15) is 25.8 Å². The van der Waals surface area contributed by atoms with Gasteiger partial charge in [0.25, 0.3) is 0 Å². The van der Waals surface area contributed by atoms with E-state index in [1.165, 1.54) is 26.2 Å². The predicted octanol–water partition coefficient (Wildman–Crippen LogP) is 0.927. The summed E-state index contributed by atoms with van der Waals surface area (Å²) in [4.78, 5) is 12.1. The van der Waals surface area contributed by atoms with Crippen LogP contribution in [0.5, 0.6) is 0 Å². The quantitative estimate of drug-likeness (QED) is 0.779. The molecule has 22 heavy (non-hydrogen) atoms.